The van der Waals surface area contributed by atoms with Crippen LogP contribution in [-0.2, 0) is 11.8 Å². The van der Waals surface area contributed by atoms with E-state index in [-0.39, 0.29) is 18.2 Å². The predicted molar refractivity (Wildman–Crippen MR) is 112 cm³/mol. The van der Waals surface area contributed by atoms with Crippen molar-refractivity contribution < 1.29 is 23.5 Å². The van der Waals surface area contributed by atoms with E-state index < -0.39 is 11.8 Å². The third-order valence-electron chi connectivity index (χ3n) is 5.28. The van der Waals surface area contributed by atoms with E-state index in [4.69, 9.17) is 4.74 Å². The van der Waals surface area contributed by atoms with Gasteiger partial charge in [0.2, 0.25) is 0 Å². The van der Waals surface area contributed by atoms with Gasteiger partial charge in [0.25, 0.3) is 5.91 Å². The second-order valence-electron chi connectivity index (χ2n) is 7.82. The Morgan fingerprint density at radius 2 is 1.73 bits per heavy atom. The molecule has 1 heterocycles. The number of Topliss-reactive ketones (excluding diaryl/α,β-unsaturated/α-hetero) is 1. The van der Waals surface area contributed by atoms with Gasteiger partial charge in [0.1, 0.15) is 11.5 Å². The number of benzene rings is 1. The van der Waals surface area contributed by atoms with Gasteiger partial charge in [0.15, 0.2) is 5.78 Å². The summed E-state index contributed by atoms with van der Waals surface area (Å²) in [5.41, 5.74) is 2.22. The lowest BCUT2D eigenvalue weighted by molar-refractivity contribution is 0.0588. The number of carbonyl (C=O) groups is 3. The van der Waals surface area contributed by atoms with E-state index >= 15 is 0 Å². The van der Waals surface area contributed by atoms with Crippen LogP contribution < -0.4 is 0 Å². The molecular formula is C23H29FN2O4. The van der Waals surface area contributed by atoms with Gasteiger partial charge >= 0.3 is 5.97 Å². The van der Waals surface area contributed by atoms with Crippen LogP contribution in [0, 0.1) is 25.6 Å². The van der Waals surface area contributed by atoms with Gasteiger partial charge in [-0.15, -0.1) is 0 Å². The van der Waals surface area contributed by atoms with E-state index in [2.05, 4.69) is 0 Å². The van der Waals surface area contributed by atoms with E-state index in [0.717, 1.165) is 6.42 Å². The Labute approximate surface area is 176 Å². The number of ketones is 1. The van der Waals surface area contributed by atoms with Gasteiger partial charge in [-0.2, -0.15) is 0 Å². The molecule has 0 aliphatic heterocycles. The number of halogens is 1. The summed E-state index contributed by atoms with van der Waals surface area (Å²) in [7, 11) is 2.99. The van der Waals surface area contributed by atoms with Crippen molar-refractivity contribution >= 4 is 17.7 Å². The van der Waals surface area contributed by atoms with Gasteiger partial charge in [-0.25, -0.2) is 9.18 Å². The quantitative estimate of drug-likeness (QED) is 0.483. The molecule has 7 heteroatoms. The molecule has 2 aromatic rings. The molecule has 0 saturated carbocycles. The highest BCUT2D eigenvalue weighted by atomic mass is 19.1. The normalized spacial score (nSPS) is 10.9. The van der Waals surface area contributed by atoms with Crippen LogP contribution in [0.25, 0.3) is 0 Å². The third-order valence-corrected chi connectivity index (χ3v) is 5.28. The fourth-order valence-corrected chi connectivity index (χ4v) is 3.47. The molecule has 0 spiro atoms. The second kappa shape index (κ2) is 9.69. The minimum Gasteiger partial charge on any atom is -0.464 e. The molecule has 6 nitrogen and oxygen atoms in total. The summed E-state index contributed by atoms with van der Waals surface area (Å²) in [4.78, 5) is 39.8. The summed E-state index contributed by atoms with van der Waals surface area (Å²) >= 11 is 0. The first-order chi connectivity index (χ1) is 14.1. The van der Waals surface area contributed by atoms with Crippen LogP contribution in [0.4, 0.5) is 4.39 Å². The molecule has 0 aliphatic carbocycles. The van der Waals surface area contributed by atoms with Crippen molar-refractivity contribution in [1.29, 1.82) is 0 Å². The molecule has 162 valence electrons. The molecule has 0 N–H and O–H groups in total. The van der Waals surface area contributed by atoms with Gasteiger partial charge in [-0.3, -0.25) is 9.59 Å². The van der Waals surface area contributed by atoms with Crippen molar-refractivity contribution in [3.05, 3.63) is 58.2 Å². The molecule has 30 heavy (non-hydrogen) atoms. The topological polar surface area (TPSA) is 68.6 Å². The largest absolute Gasteiger partial charge is 0.464 e. The molecule has 0 unspecified atom stereocenters. The zero-order valence-corrected chi connectivity index (χ0v) is 18.4. The summed E-state index contributed by atoms with van der Waals surface area (Å²) in [6.45, 7) is 7.80. The second-order valence-corrected chi connectivity index (χ2v) is 7.82. The summed E-state index contributed by atoms with van der Waals surface area (Å²) < 4.78 is 19.7. The summed E-state index contributed by atoms with van der Waals surface area (Å²) in [6.07, 6.45) is 0.723. The molecular weight excluding hydrogens is 387 g/mol. The van der Waals surface area contributed by atoms with Crippen molar-refractivity contribution in [2.75, 3.05) is 20.2 Å². The van der Waals surface area contributed by atoms with Crippen LogP contribution >= 0.6 is 0 Å². The summed E-state index contributed by atoms with van der Waals surface area (Å²) in [5, 5.41) is 0. The molecule has 0 bridgehead atoms. The number of hydrogen-bond donors (Lipinski definition) is 0. The molecule has 1 amide bonds. The van der Waals surface area contributed by atoms with Crippen molar-refractivity contribution in [3.8, 4) is 0 Å². The zero-order chi connectivity index (χ0) is 22.6. The molecule has 0 radical (unpaired) electrons. The first-order valence-corrected chi connectivity index (χ1v) is 9.90. The Morgan fingerprint density at radius 3 is 2.27 bits per heavy atom. The maximum Gasteiger partial charge on any atom is 0.354 e. The fourth-order valence-electron chi connectivity index (χ4n) is 3.47. The Morgan fingerprint density at radius 1 is 1.13 bits per heavy atom. The first-order valence-electron chi connectivity index (χ1n) is 9.90. The maximum absolute atomic E-state index is 13.2. The SMILES string of the molecule is COC(=O)c1c(C)c(C(=O)CN(CCC(C)C)C(=O)c2ccc(F)cc2)c(C)n1C. The minimum absolute atomic E-state index is 0.130. The number of esters is 1. The molecule has 0 atom stereocenters. The molecule has 1 aromatic carbocycles. The van der Waals surface area contributed by atoms with Crippen LogP contribution in [0.3, 0.4) is 0 Å². The average Bonchev–Trinajstić information content (AvgIpc) is 2.93. The number of amides is 1. The highest BCUT2D eigenvalue weighted by molar-refractivity contribution is 6.06. The third kappa shape index (κ3) is 4.96. The number of aromatic nitrogens is 1. The van der Waals surface area contributed by atoms with Gasteiger partial charge in [-0.05, 0) is 56.0 Å². The van der Waals surface area contributed by atoms with Crippen LogP contribution in [0.15, 0.2) is 24.3 Å². The standard InChI is InChI=1S/C23H29FN2O4/c1-14(2)11-12-26(22(28)17-7-9-18(24)10-8-17)13-19(27)20-15(3)21(23(29)30-6)25(5)16(20)4/h7-10,14H,11-13H2,1-6H3. The van der Waals surface area contributed by atoms with Gasteiger partial charge in [0, 0.05) is 30.4 Å². The predicted octanol–water partition coefficient (Wildman–Crippen LogP) is 3.94. The van der Waals surface area contributed by atoms with Crippen LogP contribution in [-0.4, -0.2) is 47.3 Å². The van der Waals surface area contributed by atoms with Gasteiger partial charge < -0.3 is 14.2 Å². The van der Waals surface area contributed by atoms with Crippen molar-refractivity contribution in [3.63, 3.8) is 0 Å². The molecule has 1 aromatic heterocycles. The summed E-state index contributed by atoms with van der Waals surface area (Å²) in [5.74, 6) is -1.19. The van der Waals surface area contributed by atoms with Crippen molar-refractivity contribution in [1.82, 2.24) is 9.47 Å². The monoisotopic (exact) mass is 416 g/mol. The van der Waals surface area contributed by atoms with Crippen molar-refractivity contribution in [2.24, 2.45) is 13.0 Å². The van der Waals surface area contributed by atoms with E-state index in [0.29, 0.717) is 40.5 Å². The van der Waals surface area contributed by atoms with Gasteiger partial charge in [-0.1, -0.05) is 13.8 Å². The lowest BCUT2D eigenvalue weighted by Crippen LogP contribution is -2.37. The van der Waals surface area contributed by atoms with Crippen LogP contribution in [0.1, 0.15) is 62.7 Å². The van der Waals surface area contributed by atoms with Crippen molar-refractivity contribution in [2.45, 2.75) is 34.1 Å². The Bertz CT molecular complexity index is 945. The molecule has 0 aliphatic rings. The minimum atomic E-state index is -0.517. The molecule has 0 fully saturated rings. The Balaban J connectivity index is 2.36. The fraction of sp³-hybridized carbons (Fsp3) is 0.435. The number of ether oxygens (including phenoxy) is 1. The van der Waals surface area contributed by atoms with E-state index in [1.165, 1.54) is 36.3 Å². The number of hydrogen-bond acceptors (Lipinski definition) is 4. The number of carbonyl (C=O) groups excluding carboxylic acids is 3. The smallest absolute Gasteiger partial charge is 0.354 e. The average molecular weight is 416 g/mol. The lowest BCUT2D eigenvalue weighted by atomic mass is 10.0. The zero-order valence-electron chi connectivity index (χ0n) is 18.4. The van der Waals surface area contributed by atoms with Crippen LogP contribution in [0.5, 0.6) is 0 Å². The Hall–Kier alpha value is -2.96. The molecule has 0 saturated heterocycles. The highest BCUT2D eigenvalue weighted by Crippen LogP contribution is 2.23. The number of methoxy groups -OCH3 is 1. The highest BCUT2D eigenvalue weighted by Gasteiger charge is 2.27. The van der Waals surface area contributed by atoms with E-state index in [1.54, 1.807) is 25.5 Å². The van der Waals surface area contributed by atoms with Gasteiger partial charge in [0.05, 0.1) is 13.7 Å². The van der Waals surface area contributed by atoms with E-state index in [1.807, 2.05) is 13.8 Å². The maximum atomic E-state index is 13.2. The molecule has 2 rings (SSSR count). The Kier molecular flexibility index (Phi) is 7.54. The lowest BCUT2D eigenvalue weighted by Gasteiger charge is -2.23. The first kappa shape index (κ1) is 23.3. The van der Waals surface area contributed by atoms with Crippen LogP contribution in [0.2, 0.25) is 0 Å². The number of nitrogens with zero attached hydrogens (tertiary/aromatic N) is 2. The summed E-state index contributed by atoms with van der Waals surface area (Å²) in [6, 6.07) is 5.28. The van der Waals surface area contributed by atoms with E-state index in [9.17, 15) is 18.8 Å². The number of rotatable bonds is 8.